The maximum Gasteiger partial charge on any atom is 0.150 e. The van der Waals surface area contributed by atoms with Crippen molar-refractivity contribution in [2.45, 2.75) is 46.2 Å². The number of aryl methyl sites for hydroxylation is 3. The number of nitrogen functional groups attached to an aromatic ring is 1. The summed E-state index contributed by atoms with van der Waals surface area (Å²) in [5, 5.41) is 4.61. The van der Waals surface area contributed by atoms with Crippen molar-refractivity contribution in [3.8, 4) is 0 Å². The van der Waals surface area contributed by atoms with Gasteiger partial charge in [-0.3, -0.25) is 0 Å². The van der Waals surface area contributed by atoms with Crippen molar-refractivity contribution >= 4 is 11.5 Å². The Balaban J connectivity index is 1.97. The van der Waals surface area contributed by atoms with E-state index in [1.807, 2.05) is 6.92 Å². The van der Waals surface area contributed by atoms with Gasteiger partial charge in [0.25, 0.3) is 0 Å². The molecule has 1 aliphatic heterocycles. The van der Waals surface area contributed by atoms with E-state index in [4.69, 9.17) is 5.73 Å². The Morgan fingerprint density at radius 3 is 2.76 bits per heavy atom. The molecule has 4 nitrogen and oxygen atoms in total. The minimum atomic E-state index is 0.836. The fourth-order valence-corrected chi connectivity index (χ4v) is 3.17. The number of nitrogens with two attached hydrogens (primary N) is 1. The molecule has 0 saturated heterocycles. The molecule has 0 bridgehead atoms. The van der Waals surface area contributed by atoms with Crippen LogP contribution in [0.2, 0.25) is 0 Å². The highest BCUT2D eigenvalue weighted by molar-refractivity contribution is 5.66. The molecule has 4 heteroatoms. The first-order valence-corrected chi connectivity index (χ1v) is 7.85. The summed E-state index contributed by atoms with van der Waals surface area (Å²) >= 11 is 0. The Morgan fingerprint density at radius 2 is 2.00 bits per heavy atom. The van der Waals surface area contributed by atoms with Gasteiger partial charge in [-0.2, -0.15) is 5.10 Å². The first-order valence-electron chi connectivity index (χ1n) is 7.85. The van der Waals surface area contributed by atoms with E-state index in [1.54, 1.807) is 0 Å². The summed E-state index contributed by atoms with van der Waals surface area (Å²) in [7, 11) is 0. The second kappa shape index (κ2) is 5.80. The van der Waals surface area contributed by atoms with Gasteiger partial charge in [0.15, 0.2) is 5.82 Å². The average molecular weight is 284 g/mol. The predicted molar refractivity (Wildman–Crippen MR) is 87.5 cm³/mol. The van der Waals surface area contributed by atoms with E-state index in [1.165, 1.54) is 11.1 Å². The van der Waals surface area contributed by atoms with E-state index in [0.717, 1.165) is 56.1 Å². The van der Waals surface area contributed by atoms with Crippen molar-refractivity contribution in [1.29, 1.82) is 0 Å². The molecular weight excluding hydrogens is 260 g/mol. The Hall–Kier alpha value is -1.97. The number of aromatic nitrogens is 2. The van der Waals surface area contributed by atoms with E-state index in [0.29, 0.717) is 0 Å². The van der Waals surface area contributed by atoms with Crippen LogP contribution in [0.25, 0.3) is 0 Å². The SMILES string of the molecule is CCCn1nc(C)c(N)c1N1CCCc2ccccc2C1. The fourth-order valence-electron chi connectivity index (χ4n) is 3.17. The predicted octanol–water partition coefficient (Wildman–Crippen LogP) is 3.14. The number of hydrogen-bond donors (Lipinski definition) is 1. The average Bonchev–Trinajstić information content (AvgIpc) is 2.66. The molecule has 0 radical (unpaired) electrons. The van der Waals surface area contributed by atoms with E-state index < -0.39 is 0 Å². The second-order valence-corrected chi connectivity index (χ2v) is 5.84. The van der Waals surface area contributed by atoms with E-state index >= 15 is 0 Å². The normalized spacial score (nSPS) is 14.9. The van der Waals surface area contributed by atoms with Crippen LogP contribution >= 0.6 is 0 Å². The third-order valence-corrected chi connectivity index (χ3v) is 4.23. The minimum Gasteiger partial charge on any atom is -0.394 e. The lowest BCUT2D eigenvalue weighted by Gasteiger charge is -2.24. The second-order valence-electron chi connectivity index (χ2n) is 5.84. The van der Waals surface area contributed by atoms with E-state index in [9.17, 15) is 0 Å². The van der Waals surface area contributed by atoms with Crippen LogP contribution in [0.1, 0.15) is 36.6 Å². The first kappa shape index (κ1) is 14.0. The van der Waals surface area contributed by atoms with Gasteiger partial charge in [0.05, 0.1) is 11.4 Å². The molecule has 1 aromatic carbocycles. The van der Waals surface area contributed by atoms with Crippen LogP contribution in [-0.4, -0.2) is 16.3 Å². The van der Waals surface area contributed by atoms with Crippen molar-refractivity contribution in [3.05, 3.63) is 41.1 Å². The third kappa shape index (κ3) is 2.62. The van der Waals surface area contributed by atoms with Crippen molar-refractivity contribution in [2.75, 3.05) is 17.2 Å². The maximum atomic E-state index is 6.31. The minimum absolute atomic E-state index is 0.836. The molecule has 21 heavy (non-hydrogen) atoms. The third-order valence-electron chi connectivity index (χ3n) is 4.23. The van der Waals surface area contributed by atoms with Crippen molar-refractivity contribution in [1.82, 2.24) is 9.78 Å². The molecule has 0 amide bonds. The summed E-state index contributed by atoms with van der Waals surface area (Å²) in [4.78, 5) is 2.40. The lowest BCUT2D eigenvalue weighted by molar-refractivity contribution is 0.582. The van der Waals surface area contributed by atoms with Crippen LogP contribution in [0.15, 0.2) is 24.3 Å². The summed E-state index contributed by atoms with van der Waals surface area (Å²) < 4.78 is 2.08. The number of fused-ring (bicyclic) bond motifs is 1. The van der Waals surface area contributed by atoms with Crippen molar-refractivity contribution < 1.29 is 0 Å². The summed E-state index contributed by atoms with van der Waals surface area (Å²) in [6, 6.07) is 8.74. The highest BCUT2D eigenvalue weighted by Gasteiger charge is 2.21. The molecule has 0 fully saturated rings. The summed E-state index contributed by atoms with van der Waals surface area (Å²) in [5.41, 5.74) is 11.0. The van der Waals surface area contributed by atoms with Crippen molar-refractivity contribution in [2.24, 2.45) is 0 Å². The Labute approximate surface area is 126 Å². The topological polar surface area (TPSA) is 47.1 Å². The maximum absolute atomic E-state index is 6.31. The van der Waals surface area contributed by atoms with Crippen LogP contribution in [0.3, 0.4) is 0 Å². The van der Waals surface area contributed by atoms with Crippen molar-refractivity contribution in [3.63, 3.8) is 0 Å². The van der Waals surface area contributed by atoms with Crippen LogP contribution in [-0.2, 0) is 19.5 Å². The van der Waals surface area contributed by atoms with Gasteiger partial charge in [0, 0.05) is 19.6 Å². The molecule has 0 aliphatic carbocycles. The lowest BCUT2D eigenvalue weighted by atomic mass is 10.0. The van der Waals surface area contributed by atoms with Gasteiger partial charge in [0.1, 0.15) is 0 Å². The number of nitrogens with zero attached hydrogens (tertiary/aromatic N) is 3. The summed E-state index contributed by atoms with van der Waals surface area (Å²) in [5.74, 6) is 1.10. The molecule has 3 rings (SSSR count). The standard InChI is InChI=1S/C17H24N4/c1-3-10-21-17(16(18)13(2)19-21)20-11-6-9-14-7-4-5-8-15(14)12-20/h4-5,7-8H,3,6,9-12,18H2,1-2H3. The summed E-state index contributed by atoms with van der Waals surface area (Å²) in [6.45, 7) is 7.06. The molecule has 0 saturated carbocycles. The van der Waals surface area contributed by atoms with Gasteiger partial charge >= 0.3 is 0 Å². The fraction of sp³-hybridized carbons (Fsp3) is 0.471. The molecule has 2 heterocycles. The van der Waals surface area contributed by atoms with Gasteiger partial charge in [-0.25, -0.2) is 4.68 Å². The zero-order valence-electron chi connectivity index (χ0n) is 13.0. The molecule has 0 spiro atoms. The molecule has 2 N–H and O–H groups in total. The van der Waals surface area contributed by atoms with Gasteiger partial charge in [0.2, 0.25) is 0 Å². The van der Waals surface area contributed by atoms with Gasteiger partial charge in [-0.05, 0) is 37.3 Å². The quantitative estimate of drug-likeness (QED) is 0.942. The van der Waals surface area contributed by atoms with Gasteiger partial charge in [-0.15, -0.1) is 0 Å². The smallest absolute Gasteiger partial charge is 0.150 e. The highest BCUT2D eigenvalue weighted by atomic mass is 15.4. The Bertz CT molecular complexity index is 630. The Morgan fingerprint density at radius 1 is 1.24 bits per heavy atom. The highest BCUT2D eigenvalue weighted by Crippen LogP contribution is 2.30. The van der Waals surface area contributed by atoms with Crippen LogP contribution in [0, 0.1) is 6.92 Å². The summed E-state index contributed by atoms with van der Waals surface area (Å²) in [6.07, 6.45) is 3.37. The number of rotatable bonds is 3. The van der Waals surface area contributed by atoms with Gasteiger partial charge < -0.3 is 10.6 Å². The lowest BCUT2D eigenvalue weighted by Crippen LogP contribution is -2.26. The molecule has 0 unspecified atom stereocenters. The van der Waals surface area contributed by atoms with Crippen LogP contribution in [0.5, 0.6) is 0 Å². The molecule has 0 atom stereocenters. The van der Waals surface area contributed by atoms with E-state index in [-0.39, 0.29) is 0 Å². The van der Waals surface area contributed by atoms with Crippen LogP contribution in [0.4, 0.5) is 11.5 Å². The zero-order chi connectivity index (χ0) is 14.8. The largest absolute Gasteiger partial charge is 0.394 e. The Kier molecular flexibility index (Phi) is 3.86. The van der Waals surface area contributed by atoms with E-state index in [2.05, 4.69) is 45.9 Å². The molecule has 112 valence electrons. The van der Waals surface area contributed by atoms with Crippen LogP contribution < -0.4 is 10.6 Å². The zero-order valence-corrected chi connectivity index (χ0v) is 13.0. The number of anilines is 2. The first-order chi connectivity index (χ1) is 10.2. The molecule has 2 aromatic rings. The van der Waals surface area contributed by atoms with Gasteiger partial charge in [-0.1, -0.05) is 31.2 Å². The monoisotopic (exact) mass is 284 g/mol. The number of hydrogen-bond acceptors (Lipinski definition) is 3. The molecular formula is C17H24N4. The number of benzene rings is 1. The molecule has 1 aliphatic rings. The molecule has 1 aromatic heterocycles.